The maximum Gasteiger partial charge on any atom is 0.100 e. The van der Waals surface area contributed by atoms with Crippen molar-refractivity contribution in [1.82, 2.24) is 15.0 Å². The van der Waals surface area contributed by atoms with Crippen molar-refractivity contribution in [2.45, 2.75) is 26.3 Å². The van der Waals surface area contributed by atoms with E-state index in [4.69, 9.17) is 11.6 Å². The first-order valence-corrected chi connectivity index (χ1v) is 3.78. The molecule has 0 atom stereocenters. The topological polar surface area (TPSA) is 30.7 Å². The zero-order valence-electron chi connectivity index (χ0n) is 6.13. The highest BCUT2D eigenvalue weighted by Gasteiger charge is 2.03. The zero-order chi connectivity index (χ0) is 7.56. The molecule has 10 heavy (non-hydrogen) atoms. The van der Waals surface area contributed by atoms with Gasteiger partial charge in [0.25, 0.3) is 0 Å². The molecule has 0 aliphatic heterocycles. The maximum absolute atomic E-state index is 5.59. The van der Waals surface area contributed by atoms with E-state index in [1.165, 1.54) is 0 Å². The van der Waals surface area contributed by atoms with Crippen molar-refractivity contribution in [3.8, 4) is 0 Å². The lowest BCUT2D eigenvalue weighted by Gasteiger charge is -1.95. The Kier molecular flexibility index (Phi) is 2.27. The van der Waals surface area contributed by atoms with Crippen molar-refractivity contribution in [2.75, 3.05) is 0 Å². The average molecular weight is 160 g/mol. The summed E-state index contributed by atoms with van der Waals surface area (Å²) in [5.74, 6) is 0.450. The Balaban J connectivity index is 2.97. The normalized spacial score (nSPS) is 10.3. The van der Waals surface area contributed by atoms with Crippen LogP contribution in [0.5, 0.6) is 0 Å². The van der Waals surface area contributed by atoms with Crippen LogP contribution in [0.2, 0.25) is 0 Å². The third kappa shape index (κ3) is 1.14. The monoisotopic (exact) mass is 159 g/mol. The predicted octanol–water partition coefficient (Wildman–Crippen LogP) is 1.35. The van der Waals surface area contributed by atoms with Gasteiger partial charge in [-0.05, 0) is 13.8 Å². The molecule has 1 aromatic rings. The molecule has 0 aromatic carbocycles. The molecule has 0 spiro atoms. The summed E-state index contributed by atoms with van der Waals surface area (Å²) in [6.07, 6.45) is 0. The smallest absolute Gasteiger partial charge is 0.100 e. The molecule has 0 unspecified atom stereocenters. The van der Waals surface area contributed by atoms with E-state index < -0.39 is 0 Å². The van der Waals surface area contributed by atoms with Gasteiger partial charge < -0.3 is 0 Å². The highest BCUT2D eigenvalue weighted by molar-refractivity contribution is 6.16. The van der Waals surface area contributed by atoms with Gasteiger partial charge in [-0.25, -0.2) is 4.68 Å². The molecule has 3 nitrogen and oxygen atoms in total. The summed E-state index contributed by atoms with van der Waals surface area (Å²) < 4.78 is 1.83. The van der Waals surface area contributed by atoms with Crippen LogP contribution < -0.4 is 0 Å². The molecular weight excluding hydrogens is 150 g/mol. The first-order valence-electron chi connectivity index (χ1n) is 3.24. The molecule has 4 heteroatoms. The van der Waals surface area contributed by atoms with Gasteiger partial charge >= 0.3 is 0 Å². The summed E-state index contributed by atoms with van der Waals surface area (Å²) in [5.41, 5.74) is 1.95. The quantitative estimate of drug-likeness (QED) is 0.610. The second kappa shape index (κ2) is 3.01. The van der Waals surface area contributed by atoms with Gasteiger partial charge in [-0.3, -0.25) is 0 Å². The van der Waals surface area contributed by atoms with Crippen molar-refractivity contribution >= 4 is 11.6 Å². The number of hydrogen-bond acceptors (Lipinski definition) is 2. The van der Waals surface area contributed by atoms with Crippen LogP contribution >= 0.6 is 11.6 Å². The Morgan fingerprint density at radius 2 is 2.30 bits per heavy atom. The average Bonchev–Trinajstić information content (AvgIpc) is 2.30. The minimum atomic E-state index is 0.450. The van der Waals surface area contributed by atoms with Crippen molar-refractivity contribution in [3.05, 3.63) is 11.4 Å². The summed E-state index contributed by atoms with van der Waals surface area (Å²) in [6, 6.07) is 0. The second-order valence-corrected chi connectivity index (χ2v) is 2.34. The summed E-state index contributed by atoms with van der Waals surface area (Å²) >= 11 is 5.59. The van der Waals surface area contributed by atoms with Gasteiger partial charge in [0.2, 0.25) is 0 Å². The maximum atomic E-state index is 5.59. The minimum absolute atomic E-state index is 0.450. The van der Waals surface area contributed by atoms with Crippen LogP contribution in [0.1, 0.15) is 18.3 Å². The van der Waals surface area contributed by atoms with Gasteiger partial charge in [-0.1, -0.05) is 5.21 Å². The van der Waals surface area contributed by atoms with Crippen molar-refractivity contribution < 1.29 is 0 Å². The molecule has 0 fully saturated rings. The lowest BCUT2D eigenvalue weighted by atomic mass is 10.4. The first-order chi connectivity index (χ1) is 4.79. The molecule has 0 saturated carbocycles. The van der Waals surface area contributed by atoms with Crippen LogP contribution in [0.3, 0.4) is 0 Å². The summed E-state index contributed by atoms with van der Waals surface area (Å²) in [4.78, 5) is 0. The summed E-state index contributed by atoms with van der Waals surface area (Å²) in [6.45, 7) is 4.86. The Morgan fingerprint density at radius 1 is 1.60 bits per heavy atom. The highest BCUT2D eigenvalue weighted by atomic mass is 35.5. The fourth-order valence-electron chi connectivity index (χ4n) is 0.820. The second-order valence-electron chi connectivity index (χ2n) is 2.07. The molecule has 1 heterocycles. The number of aromatic nitrogens is 3. The molecule has 1 aromatic heterocycles. The van der Waals surface area contributed by atoms with Crippen molar-refractivity contribution in [1.29, 1.82) is 0 Å². The van der Waals surface area contributed by atoms with Crippen LogP contribution in [0, 0.1) is 6.92 Å². The van der Waals surface area contributed by atoms with E-state index in [0.717, 1.165) is 17.9 Å². The first kappa shape index (κ1) is 7.54. The Hall–Kier alpha value is -0.570. The van der Waals surface area contributed by atoms with Crippen molar-refractivity contribution in [2.24, 2.45) is 0 Å². The standard InChI is InChI=1S/C6H10ClN3/c1-3-10-5(2)6(4-7)8-9-10/h3-4H2,1-2H3. The van der Waals surface area contributed by atoms with E-state index in [2.05, 4.69) is 10.3 Å². The molecule has 0 N–H and O–H groups in total. The fourth-order valence-corrected chi connectivity index (χ4v) is 1.07. The molecule has 0 aliphatic carbocycles. The van der Waals surface area contributed by atoms with Gasteiger partial charge in [0.1, 0.15) is 5.69 Å². The number of aryl methyl sites for hydroxylation is 1. The van der Waals surface area contributed by atoms with Crippen LogP contribution in [0.4, 0.5) is 0 Å². The molecule has 56 valence electrons. The van der Waals surface area contributed by atoms with E-state index in [1.807, 2.05) is 18.5 Å². The van der Waals surface area contributed by atoms with Gasteiger partial charge in [-0.2, -0.15) is 0 Å². The number of rotatable bonds is 2. The van der Waals surface area contributed by atoms with Crippen LogP contribution in [-0.2, 0) is 12.4 Å². The van der Waals surface area contributed by atoms with E-state index in [-0.39, 0.29) is 0 Å². The molecular formula is C6H10ClN3. The molecule has 0 aliphatic rings. The van der Waals surface area contributed by atoms with Crippen LogP contribution in [0.15, 0.2) is 0 Å². The third-order valence-electron chi connectivity index (χ3n) is 1.50. The molecule has 0 bridgehead atoms. The van der Waals surface area contributed by atoms with Gasteiger partial charge in [-0.15, -0.1) is 16.7 Å². The highest BCUT2D eigenvalue weighted by Crippen LogP contribution is 2.05. The van der Waals surface area contributed by atoms with Gasteiger partial charge in [0, 0.05) is 6.54 Å². The van der Waals surface area contributed by atoms with Crippen LogP contribution in [0.25, 0.3) is 0 Å². The Morgan fingerprint density at radius 3 is 2.60 bits per heavy atom. The lowest BCUT2D eigenvalue weighted by Crippen LogP contribution is -1.98. The van der Waals surface area contributed by atoms with E-state index in [1.54, 1.807) is 0 Å². The molecule has 1 rings (SSSR count). The van der Waals surface area contributed by atoms with Crippen LogP contribution in [-0.4, -0.2) is 15.0 Å². The minimum Gasteiger partial charge on any atom is -0.250 e. The SMILES string of the molecule is CCn1nnc(CCl)c1C. The summed E-state index contributed by atoms with van der Waals surface area (Å²) in [7, 11) is 0. The Bertz CT molecular complexity index is 197. The molecule has 0 radical (unpaired) electrons. The van der Waals surface area contributed by atoms with Gasteiger partial charge in [0.05, 0.1) is 11.6 Å². The van der Waals surface area contributed by atoms with E-state index in [0.29, 0.717) is 5.88 Å². The largest absolute Gasteiger partial charge is 0.250 e. The number of halogens is 1. The Labute approximate surface area is 65.0 Å². The fraction of sp³-hybridized carbons (Fsp3) is 0.667. The molecule has 0 saturated heterocycles. The number of alkyl halides is 1. The zero-order valence-corrected chi connectivity index (χ0v) is 6.89. The summed E-state index contributed by atoms with van der Waals surface area (Å²) in [5, 5.41) is 7.77. The number of hydrogen-bond donors (Lipinski definition) is 0. The van der Waals surface area contributed by atoms with Crippen molar-refractivity contribution in [3.63, 3.8) is 0 Å². The lowest BCUT2D eigenvalue weighted by molar-refractivity contribution is 0.611. The van der Waals surface area contributed by atoms with E-state index in [9.17, 15) is 0 Å². The predicted molar refractivity (Wildman–Crippen MR) is 40.0 cm³/mol. The number of nitrogens with zero attached hydrogens (tertiary/aromatic N) is 3. The third-order valence-corrected chi connectivity index (χ3v) is 1.76. The van der Waals surface area contributed by atoms with E-state index >= 15 is 0 Å². The van der Waals surface area contributed by atoms with Gasteiger partial charge in [0.15, 0.2) is 0 Å². The molecule has 0 amide bonds.